The molecule has 0 amide bonds. The van der Waals surface area contributed by atoms with Crippen LogP contribution in [0.2, 0.25) is 5.15 Å². The fourth-order valence-electron chi connectivity index (χ4n) is 2.13. The first kappa shape index (κ1) is 13.8. The fraction of sp³-hybridized carbons (Fsp3) is 0.286. The monoisotopic (exact) mass is 356 g/mol. The van der Waals surface area contributed by atoms with E-state index in [2.05, 4.69) is 20.9 Å². The van der Waals surface area contributed by atoms with Gasteiger partial charge in [0.1, 0.15) is 16.8 Å². The quantitative estimate of drug-likeness (QED) is 0.785. The van der Waals surface area contributed by atoms with E-state index in [1.54, 1.807) is 12.1 Å². The number of aromatic nitrogens is 2. The van der Waals surface area contributed by atoms with Gasteiger partial charge >= 0.3 is 0 Å². The molecule has 1 heterocycles. The van der Waals surface area contributed by atoms with Gasteiger partial charge in [-0.25, -0.2) is 9.37 Å². The molecular formula is C14H11BrClFN2O. The zero-order valence-electron chi connectivity index (χ0n) is 10.4. The topological polar surface area (TPSA) is 34.9 Å². The largest absolute Gasteiger partial charge is 0.292 e. The van der Waals surface area contributed by atoms with Crippen LogP contribution < -0.4 is 5.56 Å². The van der Waals surface area contributed by atoms with Gasteiger partial charge in [0.25, 0.3) is 5.56 Å². The van der Waals surface area contributed by atoms with Gasteiger partial charge in [-0.1, -0.05) is 33.6 Å². The van der Waals surface area contributed by atoms with Crippen LogP contribution >= 0.6 is 27.5 Å². The number of benzene rings is 1. The van der Waals surface area contributed by atoms with E-state index >= 15 is 0 Å². The third kappa shape index (κ3) is 2.79. The molecule has 6 heteroatoms. The normalized spacial score (nSPS) is 14.6. The van der Waals surface area contributed by atoms with Gasteiger partial charge in [-0.2, -0.15) is 0 Å². The summed E-state index contributed by atoms with van der Waals surface area (Å²) in [6.45, 7) is 0.175. The van der Waals surface area contributed by atoms with Crippen LogP contribution in [0.5, 0.6) is 0 Å². The Hall–Kier alpha value is -1.20. The summed E-state index contributed by atoms with van der Waals surface area (Å²) in [5.74, 6) is 0.577. The van der Waals surface area contributed by atoms with Crippen molar-refractivity contribution in [2.45, 2.75) is 25.3 Å². The van der Waals surface area contributed by atoms with Crippen molar-refractivity contribution in [1.29, 1.82) is 0 Å². The van der Waals surface area contributed by atoms with Crippen molar-refractivity contribution in [3.05, 3.63) is 61.5 Å². The molecule has 0 spiro atoms. The number of halogens is 3. The SMILES string of the molecule is O=c1cc(Cl)nc(C2CC2)n1Cc1ccc(Br)cc1F. The van der Waals surface area contributed by atoms with E-state index in [4.69, 9.17) is 11.6 Å². The minimum Gasteiger partial charge on any atom is -0.292 e. The van der Waals surface area contributed by atoms with Gasteiger partial charge < -0.3 is 0 Å². The Kier molecular flexibility index (Phi) is 3.65. The highest BCUT2D eigenvalue weighted by Crippen LogP contribution is 2.39. The van der Waals surface area contributed by atoms with Gasteiger partial charge in [0.05, 0.1) is 6.54 Å². The standard InChI is InChI=1S/C14H11BrClFN2O/c15-10-4-3-9(11(17)5-10)7-19-13(20)6-12(16)18-14(19)8-1-2-8/h3-6,8H,1-2,7H2. The summed E-state index contributed by atoms with van der Waals surface area (Å²) in [7, 11) is 0. The van der Waals surface area contributed by atoms with Crippen LogP contribution in [0.15, 0.2) is 33.5 Å². The summed E-state index contributed by atoms with van der Waals surface area (Å²) in [5, 5.41) is 0.199. The highest BCUT2D eigenvalue weighted by Gasteiger charge is 2.29. The summed E-state index contributed by atoms with van der Waals surface area (Å²) in [4.78, 5) is 16.3. The molecule has 1 aliphatic rings. The highest BCUT2D eigenvalue weighted by molar-refractivity contribution is 9.10. The Bertz CT molecular complexity index is 728. The summed E-state index contributed by atoms with van der Waals surface area (Å²) in [6, 6.07) is 6.07. The van der Waals surface area contributed by atoms with Crippen LogP contribution in [0.3, 0.4) is 0 Å². The molecule has 0 N–H and O–H groups in total. The van der Waals surface area contributed by atoms with Crippen molar-refractivity contribution in [3.63, 3.8) is 0 Å². The van der Waals surface area contributed by atoms with Crippen molar-refractivity contribution < 1.29 is 4.39 Å². The fourth-order valence-corrected chi connectivity index (χ4v) is 2.64. The maximum atomic E-state index is 13.9. The van der Waals surface area contributed by atoms with Crippen LogP contribution in [0, 0.1) is 5.82 Å². The van der Waals surface area contributed by atoms with Crippen molar-refractivity contribution in [2.75, 3.05) is 0 Å². The highest BCUT2D eigenvalue weighted by atomic mass is 79.9. The predicted molar refractivity (Wildman–Crippen MR) is 78.7 cm³/mol. The summed E-state index contributed by atoms with van der Waals surface area (Å²) in [6.07, 6.45) is 1.99. The number of hydrogen-bond acceptors (Lipinski definition) is 2. The Morgan fingerprint density at radius 2 is 2.15 bits per heavy atom. The van der Waals surface area contributed by atoms with Gasteiger partial charge in [0, 0.05) is 22.0 Å². The number of nitrogens with zero attached hydrogens (tertiary/aromatic N) is 2. The molecule has 0 unspecified atom stereocenters. The molecule has 1 saturated carbocycles. The van der Waals surface area contributed by atoms with Crippen LogP contribution in [0.1, 0.15) is 30.1 Å². The molecular weight excluding hydrogens is 347 g/mol. The van der Waals surface area contributed by atoms with Gasteiger partial charge in [0.15, 0.2) is 0 Å². The third-order valence-electron chi connectivity index (χ3n) is 3.29. The van der Waals surface area contributed by atoms with E-state index < -0.39 is 0 Å². The maximum Gasteiger partial charge on any atom is 0.255 e. The van der Waals surface area contributed by atoms with E-state index in [1.807, 2.05) is 0 Å². The minimum absolute atomic E-state index is 0.175. The lowest BCUT2D eigenvalue weighted by atomic mass is 10.2. The molecule has 3 nitrogen and oxygen atoms in total. The molecule has 0 aliphatic heterocycles. The lowest BCUT2D eigenvalue weighted by molar-refractivity contribution is 0.584. The second-order valence-electron chi connectivity index (χ2n) is 4.87. The van der Waals surface area contributed by atoms with Gasteiger partial charge in [0.2, 0.25) is 0 Å². The van der Waals surface area contributed by atoms with Crippen LogP contribution in [-0.4, -0.2) is 9.55 Å². The molecule has 1 aliphatic carbocycles. The lowest BCUT2D eigenvalue weighted by Gasteiger charge is -2.12. The Morgan fingerprint density at radius 1 is 1.40 bits per heavy atom. The van der Waals surface area contributed by atoms with E-state index in [1.165, 1.54) is 16.7 Å². The first-order chi connectivity index (χ1) is 9.54. The molecule has 1 aromatic carbocycles. The summed E-state index contributed by atoms with van der Waals surface area (Å²) < 4.78 is 16.1. The van der Waals surface area contributed by atoms with Gasteiger partial charge in [-0.15, -0.1) is 0 Å². The molecule has 1 aromatic heterocycles. The van der Waals surface area contributed by atoms with E-state index in [9.17, 15) is 9.18 Å². The molecule has 0 bridgehead atoms. The first-order valence-corrected chi connectivity index (χ1v) is 7.43. The number of hydrogen-bond donors (Lipinski definition) is 0. The molecule has 0 atom stereocenters. The smallest absolute Gasteiger partial charge is 0.255 e. The van der Waals surface area contributed by atoms with Crippen LogP contribution in [-0.2, 0) is 6.54 Å². The van der Waals surface area contributed by atoms with Crippen molar-refractivity contribution in [1.82, 2.24) is 9.55 Å². The van der Waals surface area contributed by atoms with Crippen LogP contribution in [0.25, 0.3) is 0 Å². The minimum atomic E-state index is -0.344. The molecule has 20 heavy (non-hydrogen) atoms. The Labute approximate surface area is 128 Å². The average Bonchev–Trinajstić information content (AvgIpc) is 3.19. The molecule has 0 radical (unpaired) electrons. The molecule has 104 valence electrons. The van der Waals surface area contributed by atoms with Crippen molar-refractivity contribution >= 4 is 27.5 Å². The zero-order chi connectivity index (χ0) is 14.3. The van der Waals surface area contributed by atoms with Crippen molar-refractivity contribution in [2.24, 2.45) is 0 Å². The molecule has 0 saturated heterocycles. The van der Waals surface area contributed by atoms with Crippen LogP contribution in [0.4, 0.5) is 4.39 Å². The van der Waals surface area contributed by atoms with E-state index in [0.717, 1.165) is 12.8 Å². The third-order valence-corrected chi connectivity index (χ3v) is 3.98. The first-order valence-electron chi connectivity index (χ1n) is 6.26. The summed E-state index contributed by atoms with van der Waals surface area (Å²) >= 11 is 9.06. The molecule has 1 fully saturated rings. The summed E-state index contributed by atoms with van der Waals surface area (Å²) in [5.41, 5.74) is 0.218. The maximum absolute atomic E-state index is 13.9. The Balaban J connectivity index is 2.04. The van der Waals surface area contributed by atoms with E-state index in [-0.39, 0.29) is 29.0 Å². The number of rotatable bonds is 3. The van der Waals surface area contributed by atoms with Crippen molar-refractivity contribution in [3.8, 4) is 0 Å². The van der Waals surface area contributed by atoms with E-state index in [0.29, 0.717) is 15.9 Å². The molecule has 2 aromatic rings. The zero-order valence-corrected chi connectivity index (χ0v) is 12.8. The predicted octanol–water partition coefficient (Wildman–Crippen LogP) is 3.72. The van der Waals surface area contributed by atoms with Gasteiger partial charge in [-0.05, 0) is 25.0 Å². The average molecular weight is 358 g/mol. The lowest BCUT2D eigenvalue weighted by Crippen LogP contribution is -2.25. The second-order valence-corrected chi connectivity index (χ2v) is 6.17. The van der Waals surface area contributed by atoms with Gasteiger partial charge in [-0.3, -0.25) is 9.36 Å². The second kappa shape index (κ2) is 5.30. The Morgan fingerprint density at radius 3 is 2.80 bits per heavy atom. The molecule has 3 rings (SSSR count).